The van der Waals surface area contributed by atoms with Crippen molar-refractivity contribution in [2.45, 2.75) is 18.6 Å². The lowest BCUT2D eigenvalue weighted by Crippen LogP contribution is -2.28. The molecule has 0 heterocycles. The highest BCUT2D eigenvalue weighted by atomic mass is 32.2. The van der Waals surface area contributed by atoms with Crippen molar-refractivity contribution < 1.29 is 23.1 Å². The maximum atomic E-state index is 12.1. The summed E-state index contributed by atoms with van der Waals surface area (Å²) in [5.41, 5.74) is 0.774. The van der Waals surface area contributed by atoms with E-state index in [1.165, 1.54) is 11.0 Å². The third kappa shape index (κ3) is 6.37. The average Bonchev–Trinajstić information content (AvgIpc) is 2.35. The number of carboxylic acid groups (broad SMARTS) is 1. The first-order chi connectivity index (χ1) is 9.69. The van der Waals surface area contributed by atoms with Crippen LogP contribution in [-0.4, -0.2) is 43.9 Å². The van der Waals surface area contributed by atoms with Gasteiger partial charge in [-0.05, 0) is 24.1 Å². The quantitative estimate of drug-likeness (QED) is 0.756. The zero-order valence-corrected chi connectivity index (χ0v) is 12.5. The van der Waals surface area contributed by atoms with Crippen LogP contribution in [0, 0.1) is 0 Å². The first-order valence-corrected chi connectivity index (χ1v) is 7.97. The van der Waals surface area contributed by atoms with Crippen molar-refractivity contribution in [2.75, 3.05) is 13.6 Å². The summed E-state index contributed by atoms with van der Waals surface area (Å²) in [6, 6.07) is 6.20. The summed E-state index contributed by atoms with van der Waals surface area (Å²) in [7, 11) is -2.09. The second-order valence-corrected chi connectivity index (χ2v) is 6.35. The summed E-state index contributed by atoms with van der Waals surface area (Å²) in [5.74, 6) is -1.54. The number of amides is 1. The lowest BCUT2D eigenvalue weighted by Gasteiger charge is -2.17. The van der Waals surface area contributed by atoms with Gasteiger partial charge in [0.25, 0.3) is 5.91 Å². The Hall–Kier alpha value is -1.93. The van der Waals surface area contributed by atoms with Gasteiger partial charge in [-0.15, -0.1) is 0 Å². The monoisotopic (exact) mass is 314 g/mol. The number of aliphatic carboxylic acids is 1. The number of rotatable bonds is 7. The molecular weight excluding hydrogens is 296 g/mol. The Balaban J connectivity index is 2.73. The van der Waals surface area contributed by atoms with Crippen LogP contribution in [0.5, 0.6) is 0 Å². The molecule has 116 valence electrons. The highest BCUT2D eigenvalue weighted by Crippen LogP contribution is 2.10. The van der Waals surface area contributed by atoms with E-state index in [0.29, 0.717) is 24.1 Å². The largest absolute Gasteiger partial charge is 0.481 e. The van der Waals surface area contributed by atoms with Crippen molar-refractivity contribution in [3.63, 3.8) is 0 Å². The van der Waals surface area contributed by atoms with Crippen LogP contribution in [0.4, 0.5) is 0 Å². The van der Waals surface area contributed by atoms with Gasteiger partial charge in [0.15, 0.2) is 0 Å². The lowest BCUT2D eigenvalue weighted by molar-refractivity contribution is -0.137. The van der Waals surface area contributed by atoms with Crippen LogP contribution in [0.15, 0.2) is 24.3 Å². The first kappa shape index (κ1) is 17.1. The molecule has 0 bridgehead atoms. The average molecular weight is 314 g/mol. The minimum atomic E-state index is -3.65. The van der Waals surface area contributed by atoms with Crippen LogP contribution in [0.3, 0.4) is 0 Å². The van der Waals surface area contributed by atoms with Gasteiger partial charge in [0.1, 0.15) is 0 Å². The van der Waals surface area contributed by atoms with Gasteiger partial charge in [0, 0.05) is 25.6 Å². The maximum absolute atomic E-state index is 12.1. The molecule has 1 rings (SSSR count). The van der Waals surface area contributed by atoms with Crippen LogP contribution in [0.1, 0.15) is 28.8 Å². The van der Waals surface area contributed by atoms with Gasteiger partial charge in [-0.2, -0.15) is 0 Å². The van der Waals surface area contributed by atoms with Crippen LogP contribution in [0.25, 0.3) is 0 Å². The zero-order chi connectivity index (χ0) is 16.0. The summed E-state index contributed by atoms with van der Waals surface area (Å²) in [5, 5.41) is 13.5. The minimum absolute atomic E-state index is 0.0108. The van der Waals surface area contributed by atoms with Crippen molar-refractivity contribution in [1.29, 1.82) is 0 Å². The molecule has 0 aromatic heterocycles. The van der Waals surface area contributed by atoms with E-state index < -0.39 is 16.0 Å². The third-order valence-corrected chi connectivity index (χ3v) is 3.51. The fourth-order valence-electron chi connectivity index (χ4n) is 1.82. The van der Waals surface area contributed by atoms with Gasteiger partial charge >= 0.3 is 5.97 Å². The number of carboxylic acids is 1. The van der Waals surface area contributed by atoms with Crippen LogP contribution in [0.2, 0.25) is 0 Å². The Labute approximate surface area is 123 Å². The van der Waals surface area contributed by atoms with E-state index in [2.05, 4.69) is 0 Å². The van der Waals surface area contributed by atoms with Crippen LogP contribution in [-0.2, 0) is 20.6 Å². The maximum Gasteiger partial charge on any atom is 0.303 e. The van der Waals surface area contributed by atoms with Crippen molar-refractivity contribution in [3.05, 3.63) is 35.4 Å². The van der Waals surface area contributed by atoms with E-state index >= 15 is 0 Å². The van der Waals surface area contributed by atoms with Crippen molar-refractivity contribution in [2.24, 2.45) is 5.14 Å². The fraction of sp³-hybridized carbons (Fsp3) is 0.385. The summed E-state index contributed by atoms with van der Waals surface area (Å²) >= 11 is 0. The molecule has 8 heteroatoms. The number of hydrogen-bond acceptors (Lipinski definition) is 4. The molecule has 3 N–H and O–H groups in total. The number of carbonyl (C=O) groups is 2. The lowest BCUT2D eigenvalue weighted by atomic mass is 10.1. The standard InChI is InChI=1S/C13H18N2O5S/c1-15(7-3-6-12(16)17)13(18)11-5-2-4-10(8-11)9-21(14,19)20/h2,4-5,8H,3,6-7,9H2,1H3,(H,16,17)(H2,14,19,20). The molecule has 7 nitrogen and oxygen atoms in total. The molecule has 1 aromatic carbocycles. The van der Waals surface area contributed by atoms with Crippen molar-refractivity contribution in [1.82, 2.24) is 4.90 Å². The Bertz CT molecular complexity index is 627. The van der Waals surface area contributed by atoms with Gasteiger partial charge in [-0.1, -0.05) is 12.1 Å². The second-order valence-electron chi connectivity index (χ2n) is 4.73. The van der Waals surface area contributed by atoms with E-state index in [9.17, 15) is 18.0 Å². The smallest absolute Gasteiger partial charge is 0.303 e. The van der Waals surface area contributed by atoms with Crippen LogP contribution >= 0.6 is 0 Å². The number of nitrogens with zero attached hydrogens (tertiary/aromatic N) is 1. The molecule has 1 aromatic rings. The van der Waals surface area contributed by atoms with E-state index in [4.69, 9.17) is 10.2 Å². The Morgan fingerprint density at radius 2 is 2.00 bits per heavy atom. The molecule has 0 aliphatic heterocycles. The van der Waals surface area contributed by atoms with Gasteiger partial charge in [-0.3, -0.25) is 9.59 Å². The highest BCUT2D eigenvalue weighted by molar-refractivity contribution is 7.88. The summed E-state index contributed by atoms with van der Waals surface area (Å²) in [4.78, 5) is 24.0. The van der Waals surface area contributed by atoms with Crippen molar-refractivity contribution in [3.8, 4) is 0 Å². The van der Waals surface area contributed by atoms with Gasteiger partial charge in [-0.25, -0.2) is 13.6 Å². The predicted octanol–water partition coefficient (Wildman–Crippen LogP) is 0.412. The number of benzene rings is 1. The number of carbonyl (C=O) groups excluding carboxylic acids is 1. The van der Waals surface area contributed by atoms with E-state index in [0.717, 1.165) is 0 Å². The SMILES string of the molecule is CN(CCCC(=O)O)C(=O)c1cccc(CS(N)(=O)=O)c1. The van der Waals surface area contributed by atoms with Gasteiger partial charge in [0.05, 0.1) is 5.75 Å². The molecule has 21 heavy (non-hydrogen) atoms. The molecule has 0 fully saturated rings. The Morgan fingerprint density at radius 3 is 2.57 bits per heavy atom. The Kier molecular flexibility index (Phi) is 5.86. The molecule has 0 aliphatic rings. The molecule has 0 spiro atoms. The molecule has 0 saturated carbocycles. The van der Waals surface area contributed by atoms with Gasteiger partial charge in [0.2, 0.25) is 10.0 Å². The molecule has 0 radical (unpaired) electrons. The normalized spacial score (nSPS) is 11.1. The number of hydrogen-bond donors (Lipinski definition) is 2. The zero-order valence-electron chi connectivity index (χ0n) is 11.7. The number of nitrogens with two attached hydrogens (primary N) is 1. The van der Waals surface area contributed by atoms with Gasteiger partial charge < -0.3 is 10.0 Å². The number of sulfonamides is 1. The molecule has 1 amide bonds. The Morgan fingerprint density at radius 1 is 1.33 bits per heavy atom. The fourth-order valence-corrected chi connectivity index (χ4v) is 2.46. The molecule has 0 saturated heterocycles. The molecule has 0 aliphatic carbocycles. The van der Waals surface area contributed by atoms with Crippen LogP contribution < -0.4 is 5.14 Å². The molecule has 0 atom stereocenters. The number of primary sulfonamides is 1. The summed E-state index contributed by atoms with van der Waals surface area (Å²) in [6.07, 6.45) is 0.345. The first-order valence-electron chi connectivity index (χ1n) is 6.26. The summed E-state index contributed by atoms with van der Waals surface area (Å²) in [6.45, 7) is 0.310. The second kappa shape index (κ2) is 7.19. The highest BCUT2D eigenvalue weighted by Gasteiger charge is 2.13. The minimum Gasteiger partial charge on any atom is -0.481 e. The molecular formula is C13H18N2O5S. The molecule has 0 unspecified atom stereocenters. The van der Waals surface area contributed by atoms with E-state index in [-0.39, 0.29) is 18.1 Å². The van der Waals surface area contributed by atoms with Crippen molar-refractivity contribution >= 4 is 21.9 Å². The predicted molar refractivity (Wildman–Crippen MR) is 77.1 cm³/mol. The summed E-state index contributed by atoms with van der Waals surface area (Å²) < 4.78 is 22.1. The van der Waals surface area contributed by atoms with E-state index in [1.54, 1.807) is 25.2 Å². The van der Waals surface area contributed by atoms with E-state index in [1.807, 2.05) is 0 Å². The third-order valence-electron chi connectivity index (χ3n) is 2.77. The topological polar surface area (TPSA) is 118 Å².